The van der Waals surface area contributed by atoms with Crippen molar-refractivity contribution in [1.82, 2.24) is 4.31 Å². The van der Waals surface area contributed by atoms with Gasteiger partial charge < -0.3 is 0 Å². The zero-order valence-corrected chi connectivity index (χ0v) is 11.2. The summed E-state index contributed by atoms with van der Waals surface area (Å²) < 4.78 is 2.63. The molecule has 0 atom stereocenters. The van der Waals surface area contributed by atoms with E-state index in [1.807, 2.05) is 0 Å². The fourth-order valence-corrected chi connectivity index (χ4v) is 4.59. The van der Waals surface area contributed by atoms with Crippen LogP contribution in [0.25, 0.3) is 0 Å². The monoisotopic (exact) mass is 245 g/mol. The summed E-state index contributed by atoms with van der Waals surface area (Å²) in [5.41, 5.74) is 0. The van der Waals surface area contributed by atoms with Crippen LogP contribution in [0.5, 0.6) is 0 Å². The van der Waals surface area contributed by atoms with E-state index >= 15 is 0 Å². The van der Waals surface area contributed by atoms with Gasteiger partial charge in [-0.2, -0.15) is 0 Å². The van der Waals surface area contributed by atoms with E-state index in [9.17, 15) is 0 Å². The largest absolute Gasteiger partial charge is 0.235 e. The van der Waals surface area contributed by atoms with E-state index in [0.717, 1.165) is 12.1 Å². The molecular formula is C12H23NS2. The Balaban J connectivity index is 1.88. The summed E-state index contributed by atoms with van der Waals surface area (Å²) in [6.07, 6.45) is 14.3. The van der Waals surface area contributed by atoms with Crippen LogP contribution in [0, 0.1) is 0 Å². The van der Waals surface area contributed by atoms with Crippen molar-refractivity contribution in [3.8, 4) is 0 Å². The Morgan fingerprint density at radius 3 is 1.47 bits per heavy atom. The van der Waals surface area contributed by atoms with Gasteiger partial charge in [-0.3, -0.25) is 0 Å². The quantitative estimate of drug-likeness (QED) is 0.444. The molecule has 3 heteroatoms. The predicted octanol–water partition coefficient (Wildman–Crippen LogP) is 4.45. The lowest BCUT2D eigenvalue weighted by molar-refractivity contribution is 0.187. The Morgan fingerprint density at radius 1 is 0.733 bits per heavy atom. The average molecular weight is 245 g/mol. The summed E-state index contributed by atoms with van der Waals surface area (Å²) in [5, 5.41) is 0. The molecule has 1 nitrogen and oxygen atoms in total. The highest BCUT2D eigenvalue weighted by molar-refractivity contribution is 8.67. The van der Waals surface area contributed by atoms with E-state index in [-0.39, 0.29) is 0 Å². The third-order valence-electron chi connectivity index (χ3n) is 3.96. The first-order valence-electron chi connectivity index (χ1n) is 6.51. The molecule has 0 bridgehead atoms. The van der Waals surface area contributed by atoms with Crippen molar-refractivity contribution >= 4 is 22.6 Å². The lowest BCUT2D eigenvalue weighted by atomic mass is 9.91. The molecule has 0 spiro atoms. The number of thiol groups is 1. The molecule has 0 aromatic heterocycles. The van der Waals surface area contributed by atoms with Crippen LogP contribution in [-0.4, -0.2) is 16.4 Å². The molecule has 2 rings (SSSR count). The van der Waals surface area contributed by atoms with Gasteiger partial charge in [0.2, 0.25) is 0 Å². The lowest BCUT2D eigenvalue weighted by Gasteiger charge is -2.39. The highest BCUT2D eigenvalue weighted by Crippen LogP contribution is 2.35. The fourth-order valence-electron chi connectivity index (χ4n) is 3.10. The maximum Gasteiger partial charge on any atom is 0.0213 e. The van der Waals surface area contributed by atoms with Gasteiger partial charge in [0.15, 0.2) is 0 Å². The molecule has 0 radical (unpaired) electrons. The molecule has 0 amide bonds. The molecule has 0 aromatic carbocycles. The molecule has 15 heavy (non-hydrogen) atoms. The molecule has 0 heterocycles. The molecule has 0 N–H and O–H groups in total. The standard InChI is InChI=1S/C12H23NS2/c14-15-13(11-7-3-1-4-8-11)12-9-5-2-6-10-12/h11-12,14H,1-10H2. The van der Waals surface area contributed by atoms with Crippen molar-refractivity contribution in [2.75, 3.05) is 0 Å². The van der Waals surface area contributed by atoms with Crippen LogP contribution in [0.15, 0.2) is 0 Å². The molecule has 0 aliphatic heterocycles. The Bertz CT molecular complexity index is 156. The number of hydrogen-bond acceptors (Lipinski definition) is 3. The van der Waals surface area contributed by atoms with Gasteiger partial charge in [-0.1, -0.05) is 50.2 Å². The second kappa shape index (κ2) is 6.41. The smallest absolute Gasteiger partial charge is 0.0213 e. The van der Waals surface area contributed by atoms with Crippen LogP contribution >= 0.6 is 22.6 Å². The summed E-state index contributed by atoms with van der Waals surface area (Å²) >= 11 is 4.48. The van der Waals surface area contributed by atoms with Crippen molar-refractivity contribution in [1.29, 1.82) is 0 Å². The Hall–Kier alpha value is 0.660. The van der Waals surface area contributed by atoms with Crippen LogP contribution in [0.3, 0.4) is 0 Å². The molecular weight excluding hydrogens is 222 g/mol. The molecule has 0 saturated heterocycles. The normalized spacial score (nSPS) is 26.0. The van der Waals surface area contributed by atoms with Gasteiger partial charge in [0.25, 0.3) is 0 Å². The van der Waals surface area contributed by atoms with Gasteiger partial charge in [0.1, 0.15) is 0 Å². The fraction of sp³-hybridized carbons (Fsp3) is 1.00. The molecule has 2 aliphatic rings. The Morgan fingerprint density at radius 2 is 1.13 bits per heavy atom. The van der Waals surface area contributed by atoms with E-state index in [1.54, 1.807) is 11.0 Å². The summed E-state index contributed by atoms with van der Waals surface area (Å²) in [5.74, 6) is 0. The molecule has 88 valence electrons. The molecule has 2 aliphatic carbocycles. The van der Waals surface area contributed by atoms with E-state index in [2.05, 4.69) is 16.0 Å². The van der Waals surface area contributed by atoms with E-state index < -0.39 is 0 Å². The minimum atomic E-state index is 0.823. The predicted molar refractivity (Wildman–Crippen MR) is 72.2 cm³/mol. The molecule has 2 saturated carbocycles. The highest BCUT2D eigenvalue weighted by atomic mass is 33.1. The van der Waals surface area contributed by atoms with Crippen LogP contribution in [0.4, 0.5) is 0 Å². The first kappa shape index (κ1) is 12.1. The SMILES string of the molecule is SSN(C1CCCCC1)C1CCCCC1. The molecule has 2 fully saturated rings. The van der Waals surface area contributed by atoms with E-state index in [4.69, 9.17) is 0 Å². The topological polar surface area (TPSA) is 3.24 Å². The minimum absolute atomic E-state index is 0.823. The highest BCUT2D eigenvalue weighted by Gasteiger charge is 2.28. The summed E-state index contributed by atoms with van der Waals surface area (Å²) in [4.78, 5) is 0. The van der Waals surface area contributed by atoms with Gasteiger partial charge in [-0.15, -0.1) is 0 Å². The van der Waals surface area contributed by atoms with Gasteiger partial charge in [0.05, 0.1) is 0 Å². The van der Waals surface area contributed by atoms with Gasteiger partial charge >= 0.3 is 0 Å². The summed E-state index contributed by atoms with van der Waals surface area (Å²) in [7, 11) is 1.71. The molecule has 0 unspecified atom stereocenters. The summed E-state index contributed by atoms with van der Waals surface area (Å²) in [6, 6.07) is 1.65. The van der Waals surface area contributed by atoms with Crippen LogP contribution < -0.4 is 0 Å². The Kier molecular flexibility index (Phi) is 5.18. The minimum Gasteiger partial charge on any atom is -0.235 e. The van der Waals surface area contributed by atoms with Crippen molar-refractivity contribution in [3.63, 3.8) is 0 Å². The van der Waals surface area contributed by atoms with Gasteiger partial charge in [0, 0.05) is 12.1 Å². The van der Waals surface area contributed by atoms with E-state index in [0.29, 0.717) is 0 Å². The zero-order chi connectivity index (χ0) is 10.5. The first-order chi connectivity index (χ1) is 7.42. The molecule has 0 aromatic rings. The maximum absolute atomic E-state index is 4.48. The number of rotatable bonds is 3. The third-order valence-corrected chi connectivity index (χ3v) is 5.31. The van der Waals surface area contributed by atoms with Crippen molar-refractivity contribution in [2.45, 2.75) is 76.3 Å². The van der Waals surface area contributed by atoms with Crippen LogP contribution in [0.1, 0.15) is 64.2 Å². The second-order valence-corrected chi connectivity index (χ2v) is 6.10. The van der Waals surface area contributed by atoms with Gasteiger partial charge in [-0.05, 0) is 36.7 Å². The maximum atomic E-state index is 4.48. The zero-order valence-electron chi connectivity index (χ0n) is 9.53. The van der Waals surface area contributed by atoms with E-state index in [1.165, 1.54) is 64.2 Å². The number of nitrogens with zero attached hydrogens (tertiary/aromatic N) is 1. The van der Waals surface area contributed by atoms with Crippen LogP contribution in [-0.2, 0) is 0 Å². The van der Waals surface area contributed by atoms with Crippen molar-refractivity contribution < 1.29 is 0 Å². The average Bonchev–Trinajstić information content (AvgIpc) is 2.33. The second-order valence-electron chi connectivity index (χ2n) is 5.03. The summed E-state index contributed by atoms with van der Waals surface area (Å²) in [6.45, 7) is 0. The van der Waals surface area contributed by atoms with Crippen molar-refractivity contribution in [2.24, 2.45) is 0 Å². The van der Waals surface area contributed by atoms with Gasteiger partial charge in [-0.25, -0.2) is 4.31 Å². The lowest BCUT2D eigenvalue weighted by Crippen LogP contribution is -2.39. The van der Waals surface area contributed by atoms with Crippen LogP contribution in [0.2, 0.25) is 0 Å². The van der Waals surface area contributed by atoms with Crippen molar-refractivity contribution in [3.05, 3.63) is 0 Å². The third kappa shape index (κ3) is 3.31. The Labute approximate surface area is 103 Å². The number of hydrogen-bond donors (Lipinski definition) is 1. The first-order valence-corrected chi connectivity index (χ1v) is 8.34.